The minimum Gasteiger partial charge on any atom is -0.480 e. The molecule has 0 amide bonds. The molecule has 1 aromatic rings. The van der Waals surface area contributed by atoms with Crippen LogP contribution in [0, 0.1) is 5.92 Å². The van der Waals surface area contributed by atoms with Crippen molar-refractivity contribution in [1.29, 1.82) is 0 Å². The van der Waals surface area contributed by atoms with E-state index in [-0.39, 0.29) is 0 Å². The van der Waals surface area contributed by atoms with Crippen LogP contribution in [0.3, 0.4) is 0 Å². The summed E-state index contributed by atoms with van der Waals surface area (Å²) in [4.78, 5) is 11.3. The second-order valence-corrected chi connectivity index (χ2v) is 8.60. The smallest absolute Gasteiger partial charge is 0.413 e. The number of hydrogen-bond acceptors (Lipinski definition) is 3. The maximum absolute atomic E-state index is 13.8. The summed E-state index contributed by atoms with van der Waals surface area (Å²) in [5.41, 5.74) is 1.12. The van der Waals surface area contributed by atoms with Crippen molar-refractivity contribution in [1.82, 2.24) is 4.72 Å². The molecule has 5 nitrogen and oxygen atoms in total. The number of alkyl halides is 3. The zero-order valence-electron chi connectivity index (χ0n) is 14.7. The molecule has 0 saturated carbocycles. The van der Waals surface area contributed by atoms with Crippen LogP contribution in [0.1, 0.15) is 25.8 Å². The van der Waals surface area contributed by atoms with Crippen LogP contribution in [0.15, 0.2) is 48.6 Å². The highest BCUT2D eigenvalue weighted by Gasteiger charge is 2.62. The fraction of sp³-hybridized carbons (Fsp3) is 0.389. The Morgan fingerprint density at radius 1 is 1.22 bits per heavy atom. The van der Waals surface area contributed by atoms with Crippen LogP contribution in [0.25, 0.3) is 5.57 Å². The van der Waals surface area contributed by atoms with Gasteiger partial charge in [0, 0.05) is 0 Å². The molecule has 0 bridgehead atoms. The fourth-order valence-electron chi connectivity index (χ4n) is 2.77. The lowest BCUT2D eigenvalue weighted by Gasteiger charge is -2.35. The summed E-state index contributed by atoms with van der Waals surface area (Å²) in [6.07, 6.45) is -3.08. The second-order valence-electron chi connectivity index (χ2n) is 6.63. The summed E-state index contributed by atoms with van der Waals surface area (Å²) in [6, 6.07) is 6.92. The summed E-state index contributed by atoms with van der Waals surface area (Å²) < 4.78 is 65.3. The number of nitrogens with one attached hydrogen (secondary N) is 1. The summed E-state index contributed by atoms with van der Waals surface area (Å²) in [5.74, 6) is -2.27. The lowest BCUT2D eigenvalue weighted by Crippen LogP contribution is -2.59. The lowest BCUT2D eigenvalue weighted by atomic mass is 9.92. The minimum absolute atomic E-state index is 0.462. The van der Waals surface area contributed by atoms with Crippen molar-refractivity contribution in [2.45, 2.75) is 37.2 Å². The van der Waals surface area contributed by atoms with Crippen molar-refractivity contribution in [2.24, 2.45) is 5.92 Å². The molecule has 0 aliphatic heterocycles. The average Bonchev–Trinajstić information content (AvgIpc) is 2.59. The molecule has 2 rings (SSSR count). The van der Waals surface area contributed by atoms with E-state index in [1.165, 1.54) is 19.9 Å². The van der Waals surface area contributed by atoms with E-state index in [1.807, 2.05) is 0 Å². The predicted molar refractivity (Wildman–Crippen MR) is 95.3 cm³/mol. The quantitative estimate of drug-likeness (QED) is 0.763. The van der Waals surface area contributed by atoms with E-state index in [9.17, 15) is 26.4 Å². The lowest BCUT2D eigenvalue weighted by molar-refractivity contribution is -0.150. The first-order valence-corrected chi connectivity index (χ1v) is 9.66. The van der Waals surface area contributed by atoms with Crippen molar-refractivity contribution < 1.29 is 31.5 Å². The van der Waals surface area contributed by atoms with Crippen molar-refractivity contribution in [3.63, 3.8) is 0 Å². The summed E-state index contributed by atoms with van der Waals surface area (Å²) in [7, 11) is -5.08. The van der Waals surface area contributed by atoms with E-state index in [2.05, 4.69) is 0 Å². The Morgan fingerprint density at radius 3 is 2.22 bits per heavy atom. The maximum atomic E-state index is 13.8. The number of hydrogen-bond donors (Lipinski definition) is 2. The van der Waals surface area contributed by atoms with Gasteiger partial charge in [-0.2, -0.15) is 17.9 Å². The highest BCUT2D eigenvalue weighted by Crippen LogP contribution is 2.44. The van der Waals surface area contributed by atoms with E-state index in [0.29, 0.717) is 17.2 Å². The first-order chi connectivity index (χ1) is 12.4. The number of allylic oxidation sites excluding steroid dienone is 3. The zero-order chi connectivity index (χ0) is 20.5. The molecule has 0 heterocycles. The van der Waals surface area contributed by atoms with Crippen LogP contribution in [0.2, 0.25) is 0 Å². The van der Waals surface area contributed by atoms with Crippen molar-refractivity contribution in [3.05, 3.63) is 54.1 Å². The molecular weight excluding hydrogens is 383 g/mol. The molecule has 148 valence electrons. The molecular formula is C18H20F3NO4S. The Kier molecular flexibility index (Phi) is 5.86. The molecule has 2 atom stereocenters. The van der Waals surface area contributed by atoms with Gasteiger partial charge in [-0.05, 0) is 23.5 Å². The van der Waals surface area contributed by atoms with Crippen LogP contribution in [-0.4, -0.2) is 36.5 Å². The van der Waals surface area contributed by atoms with Crippen molar-refractivity contribution in [3.8, 4) is 0 Å². The van der Waals surface area contributed by atoms with Gasteiger partial charge in [0.2, 0.25) is 14.8 Å². The van der Waals surface area contributed by atoms with Gasteiger partial charge >= 0.3 is 12.1 Å². The van der Waals surface area contributed by atoms with Gasteiger partial charge in [0.15, 0.2) is 0 Å². The number of carboxylic acid groups (broad SMARTS) is 1. The molecule has 0 aromatic heterocycles. The SMILES string of the molecule is CC(C)C(NS(=O)(=O)C1(C(F)(F)F)C=CC(c2ccccc2)=CC1)C(=O)O. The van der Waals surface area contributed by atoms with Gasteiger partial charge in [-0.25, -0.2) is 8.42 Å². The molecule has 2 unspecified atom stereocenters. The van der Waals surface area contributed by atoms with Gasteiger partial charge < -0.3 is 5.11 Å². The highest BCUT2D eigenvalue weighted by molar-refractivity contribution is 7.91. The third-order valence-corrected chi connectivity index (χ3v) is 6.50. The van der Waals surface area contributed by atoms with Crippen LogP contribution in [0.5, 0.6) is 0 Å². The summed E-state index contributed by atoms with van der Waals surface area (Å²) >= 11 is 0. The molecule has 2 N–H and O–H groups in total. The molecule has 9 heteroatoms. The zero-order valence-corrected chi connectivity index (χ0v) is 15.5. The third kappa shape index (κ3) is 4.08. The van der Waals surface area contributed by atoms with Gasteiger partial charge in [0.05, 0.1) is 0 Å². The molecule has 0 saturated heterocycles. The molecule has 1 aliphatic carbocycles. The molecule has 27 heavy (non-hydrogen) atoms. The monoisotopic (exact) mass is 403 g/mol. The Hall–Kier alpha value is -2.13. The van der Waals surface area contributed by atoms with Crippen LogP contribution >= 0.6 is 0 Å². The highest BCUT2D eigenvalue weighted by atomic mass is 32.2. The third-order valence-electron chi connectivity index (χ3n) is 4.44. The second kappa shape index (κ2) is 7.47. The number of benzene rings is 1. The topological polar surface area (TPSA) is 83.5 Å². The Bertz CT molecular complexity index is 860. The Morgan fingerprint density at radius 2 is 1.81 bits per heavy atom. The van der Waals surface area contributed by atoms with Gasteiger partial charge in [-0.1, -0.05) is 62.4 Å². The maximum Gasteiger partial charge on any atom is 0.413 e. The Labute approximate surface area is 155 Å². The first-order valence-electron chi connectivity index (χ1n) is 8.17. The largest absolute Gasteiger partial charge is 0.480 e. The predicted octanol–water partition coefficient (Wildman–Crippen LogP) is 3.36. The average molecular weight is 403 g/mol. The minimum atomic E-state index is -5.13. The molecule has 0 radical (unpaired) electrons. The van der Waals surface area contributed by atoms with Gasteiger partial charge in [0.25, 0.3) is 0 Å². The van der Waals surface area contributed by atoms with Gasteiger partial charge in [0.1, 0.15) is 6.04 Å². The molecule has 1 aromatic carbocycles. The van der Waals surface area contributed by atoms with Crippen molar-refractivity contribution >= 4 is 21.6 Å². The number of sulfonamides is 1. The molecule has 0 spiro atoms. The number of rotatable bonds is 6. The normalized spacial score (nSPS) is 21.8. The van der Waals surface area contributed by atoms with E-state index >= 15 is 0 Å². The van der Waals surface area contributed by atoms with Crippen LogP contribution in [0.4, 0.5) is 13.2 Å². The van der Waals surface area contributed by atoms with E-state index < -0.39 is 45.3 Å². The van der Waals surface area contributed by atoms with Crippen molar-refractivity contribution in [2.75, 3.05) is 0 Å². The van der Waals surface area contributed by atoms with Crippen LogP contribution < -0.4 is 4.72 Å². The molecule has 1 aliphatic rings. The van der Waals surface area contributed by atoms with E-state index in [1.54, 1.807) is 35.1 Å². The van der Waals surface area contributed by atoms with Gasteiger partial charge in [-0.15, -0.1) is 0 Å². The number of carbonyl (C=O) groups is 1. The fourth-order valence-corrected chi connectivity index (χ4v) is 4.54. The number of carboxylic acids is 1. The number of halogens is 3. The molecule has 0 fully saturated rings. The van der Waals surface area contributed by atoms with Crippen LogP contribution in [-0.2, 0) is 14.8 Å². The summed E-state index contributed by atoms with van der Waals surface area (Å²) in [6.45, 7) is 2.82. The number of aliphatic carboxylic acids is 1. The van der Waals surface area contributed by atoms with E-state index in [0.717, 1.165) is 6.08 Å². The first kappa shape index (κ1) is 21.2. The Balaban J connectivity index is 2.44. The summed E-state index contributed by atoms with van der Waals surface area (Å²) in [5, 5.41) is 9.14. The standard InChI is InChI=1S/C18H20F3NO4S/c1-12(2)15(16(23)24)22-27(25,26)17(18(19,20)21)10-8-14(9-11-17)13-6-4-3-5-7-13/h3-10,12,15,22H,11H2,1-2H3,(H,23,24). The van der Waals surface area contributed by atoms with Gasteiger partial charge in [-0.3, -0.25) is 4.79 Å². The van der Waals surface area contributed by atoms with E-state index in [4.69, 9.17) is 5.11 Å².